The number of amides is 2. The molecule has 7 heteroatoms. The van der Waals surface area contributed by atoms with E-state index in [-0.39, 0.29) is 18.6 Å². The van der Waals surface area contributed by atoms with Crippen molar-refractivity contribution in [3.8, 4) is 0 Å². The molecule has 1 unspecified atom stereocenters. The normalized spacial score (nSPS) is 18.1. The third-order valence-corrected chi connectivity index (χ3v) is 4.02. The van der Waals surface area contributed by atoms with Gasteiger partial charge in [-0.2, -0.15) is 0 Å². The number of carboxylic acids is 1. The highest BCUT2D eigenvalue weighted by Gasteiger charge is 2.41. The fraction of sp³-hybridized carbons (Fsp3) is 0.643. The summed E-state index contributed by atoms with van der Waals surface area (Å²) >= 11 is 0. The van der Waals surface area contributed by atoms with Crippen molar-refractivity contribution in [2.24, 2.45) is 5.41 Å². The number of carbonyl (C=O) groups is 2. The Morgan fingerprint density at radius 3 is 2.71 bits per heavy atom. The lowest BCUT2D eigenvalue weighted by atomic mass is 9.86. The fourth-order valence-electron chi connectivity index (χ4n) is 2.80. The fourth-order valence-corrected chi connectivity index (χ4v) is 2.80. The standard InChI is InChI=1S/C14H22N4O3/c1-11(8-18-7-6-15-10-18)17-13(21)16-9-14(12(19)20)4-2-3-5-14/h6-7,10-11H,2-5,8-9H2,1H3,(H,19,20)(H2,16,17,21). The van der Waals surface area contributed by atoms with E-state index in [4.69, 9.17) is 0 Å². The summed E-state index contributed by atoms with van der Waals surface area (Å²) < 4.78 is 1.88. The van der Waals surface area contributed by atoms with Gasteiger partial charge in [-0.15, -0.1) is 0 Å². The van der Waals surface area contributed by atoms with Crippen molar-refractivity contribution in [2.75, 3.05) is 6.54 Å². The van der Waals surface area contributed by atoms with Gasteiger partial charge in [0.1, 0.15) is 0 Å². The number of rotatable bonds is 6. The molecule has 0 aromatic carbocycles. The van der Waals surface area contributed by atoms with Crippen LogP contribution in [-0.2, 0) is 11.3 Å². The van der Waals surface area contributed by atoms with E-state index < -0.39 is 11.4 Å². The minimum atomic E-state index is -0.813. The molecule has 1 saturated carbocycles. The molecule has 0 saturated heterocycles. The maximum absolute atomic E-state index is 11.9. The van der Waals surface area contributed by atoms with E-state index in [2.05, 4.69) is 15.6 Å². The number of carbonyl (C=O) groups excluding carboxylic acids is 1. The first-order valence-electron chi connectivity index (χ1n) is 7.25. The number of urea groups is 1. The van der Waals surface area contributed by atoms with E-state index in [9.17, 15) is 14.7 Å². The zero-order valence-corrected chi connectivity index (χ0v) is 12.2. The predicted molar refractivity (Wildman–Crippen MR) is 76.8 cm³/mol. The average molecular weight is 294 g/mol. The minimum Gasteiger partial charge on any atom is -0.481 e. The molecule has 1 aliphatic rings. The number of imidazole rings is 1. The Balaban J connectivity index is 1.77. The molecule has 7 nitrogen and oxygen atoms in total. The van der Waals surface area contributed by atoms with Crippen LogP contribution in [0.2, 0.25) is 0 Å². The Hall–Kier alpha value is -2.05. The molecular formula is C14H22N4O3. The van der Waals surface area contributed by atoms with Gasteiger partial charge in [-0.3, -0.25) is 4.79 Å². The van der Waals surface area contributed by atoms with Crippen LogP contribution in [0.5, 0.6) is 0 Å². The summed E-state index contributed by atoms with van der Waals surface area (Å²) in [6.07, 6.45) is 8.28. The molecule has 0 radical (unpaired) electrons. The van der Waals surface area contributed by atoms with Gasteiger partial charge in [0.25, 0.3) is 0 Å². The van der Waals surface area contributed by atoms with Crippen LogP contribution in [0.3, 0.4) is 0 Å². The molecule has 1 aromatic heterocycles. The van der Waals surface area contributed by atoms with Crippen molar-refractivity contribution in [1.29, 1.82) is 0 Å². The molecule has 1 fully saturated rings. The Morgan fingerprint density at radius 2 is 2.14 bits per heavy atom. The Morgan fingerprint density at radius 1 is 1.43 bits per heavy atom. The molecule has 2 amide bonds. The molecule has 1 aromatic rings. The SMILES string of the molecule is CC(Cn1ccnc1)NC(=O)NCC1(C(=O)O)CCCC1. The number of carboxylic acid groups (broad SMARTS) is 1. The third kappa shape index (κ3) is 3.96. The maximum atomic E-state index is 11.9. The number of nitrogens with one attached hydrogen (secondary N) is 2. The highest BCUT2D eigenvalue weighted by atomic mass is 16.4. The summed E-state index contributed by atoms with van der Waals surface area (Å²) in [4.78, 5) is 27.2. The summed E-state index contributed by atoms with van der Waals surface area (Å²) in [5.74, 6) is -0.813. The van der Waals surface area contributed by atoms with Crippen molar-refractivity contribution in [1.82, 2.24) is 20.2 Å². The number of aromatic nitrogens is 2. The second kappa shape index (κ2) is 6.60. The van der Waals surface area contributed by atoms with E-state index >= 15 is 0 Å². The molecule has 21 heavy (non-hydrogen) atoms. The highest BCUT2D eigenvalue weighted by Crippen LogP contribution is 2.37. The predicted octanol–water partition coefficient (Wildman–Crippen LogP) is 1.22. The van der Waals surface area contributed by atoms with Crippen LogP contribution in [0, 0.1) is 5.41 Å². The number of nitrogens with zero attached hydrogens (tertiary/aromatic N) is 2. The lowest BCUT2D eigenvalue weighted by molar-refractivity contribution is -0.148. The van der Waals surface area contributed by atoms with Gasteiger partial charge in [0.15, 0.2) is 0 Å². The minimum absolute atomic E-state index is 0.0662. The highest BCUT2D eigenvalue weighted by molar-refractivity contribution is 5.78. The van der Waals surface area contributed by atoms with Crippen LogP contribution < -0.4 is 10.6 Å². The van der Waals surface area contributed by atoms with Gasteiger partial charge in [0.05, 0.1) is 11.7 Å². The van der Waals surface area contributed by atoms with Crippen molar-refractivity contribution in [3.63, 3.8) is 0 Å². The Labute approximate surface area is 123 Å². The zero-order chi connectivity index (χ0) is 15.3. The monoisotopic (exact) mass is 294 g/mol. The van der Waals surface area contributed by atoms with Crippen molar-refractivity contribution >= 4 is 12.0 Å². The van der Waals surface area contributed by atoms with Crippen LogP contribution in [-0.4, -0.2) is 39.2 Å². The van der Waals surface area contributed by atoms with Crippen LogP contribution >= 0.6 is 0 Å². The molecule has 116 valence electrons. The molecule has 1 aliphatic carbocycles. The zero-order valence-electron chi connectivity index (χ0n) is 12.2. The van der Waals surface area contributed by atoms with Crippen molar-refractivity contribution < 1.29 is 14.7 Å². The van der Waals surface area contributed by atoms with Crippen LogP contribution in [0.4, 0.5) is 4.79 Å². The van der Waals surface area contributed by atoms with Crippen molar-refractivity contribution in [3.05, 3.63) is 18.7 Å². The summed E-state index contributed by atoms with van der Waals surface area (Å²) in [6, 6.07) is -0.390. The molecular weight excluding hydrogens is 272 g/mol. The Bertz CT molecular complexity index is 480. The van der Waals surface area contributed by atoms with Gasteiger partial charge in [-0.05, 0) is 19.8 Å². The average Bonchev–Trinajstić information content (AvgIpc) is 3.07. The quantitative estimate of drug-likeness (QED) is 0.735. The molecule has 1 atom stereocenters. The topological polar surface area (TPSA) is 96.3 Å². The molecule has 0 bridgehead atoms. The van der Waals surface area contributed by atoms with Gasteiger partial charge in [0, 0.05) is 31.5 Å². The second-order valence-corrected chi connectivity index (χ2v) is 5.78. The van der Waals surface area contributed by atoms with Crippen LogP contribution in [0.1, 0.15) is 32.6 Å². The first kappa shape index (κ1) is 15.3. The van der Waals surface area contributed by atoms with E-state index in [1.165, 1.54) is 0 Å². The lowest BCUT2D eigenvalue weighted by Crippen LogP contribution is -2.47. The van der Waals surface area contributed by atoms with Gasteiger partial charge in [-0.1, -0.05) is 12.8 Å². The number of aliphatic carboxylic acids is 1. The number of hydrogen-bond acceptors (Lipinski definition) is 3. The van der Waals surface area contributed by atoms with E-state index in [1.807, 2.05) is 17.7 Å². The second-order valence-electron chi connectivity index (χ2n) is 5.78. The van der Waals surface area contributed by atoms with Gasteiger partial charge in [-0.25, -0.2) is 9.78 Å². The summed E-state index contributed by atoms with van der Waals surface area (Å²) in [6.45, 7) is 2.70. The number of hydrogen-bond donors (Lipinski definition) is 3. The molecule has 0 spiro atoms. The first-order valence-corrected chi connectivity index (χ1v) is 7.25. The van der Waals surface area contributed by atoms with E-state index in [1.54, 1.807) is 12.5 Å². The van der Waals surface area contributed by atoms with Crippen LogP contribution in [0.15, 0.2) is 18.7 Å². The van der Waals surface area contributed by atoms with Gasteiger partial charge >= 0.3 is 12.0 Å². The largest absolute Gasteiger partial charge is 0.481 e. The maximum Gasteiger partial charge on any atom is 0.315 e. The lowest BCUT2D eigenvalue weighted by Gasteiger charge is -2.24. The van der Waals surface area contributed by atoms with E-state index in [0.717, 1.165) is 12.8 Å². The smallest absolute Gasteiger partial charge is 0.315 e. The van der Waals surface area contributed by atoms with Crippen LogP contribution in [0.25, 0.3) is 0 Å². The van der Waals surface area contributed by atoms with E-state index in [0.29, 0.717) is 19.4 Å². The molecule has 2 rings (SSSR count). The summed E-state index contributed by atoms with van der Waals surface area (Å²) in [7, 11) is 0. The van der Waals surface area contributed by atoms with Gasteiger partial charge < -0.3 is 20.3 Å². The first-order chi connectivity index (χ1) is 10.0. The molecule has 1 heterocycles. The molecule has 3 N–H and O–H groups in total. The van der Waals surface area contributed by atoms with Crippen molar-refractivity contribution in [2.45, 2.75) is 45.2 Å². The summed E-state index contributed by atoms with van der Waals surface area (Å²) in [5, 5.41) is 14.9. The molecule has 0 aliphatic heterocycles. The third-order valence-electron chi connectivity index (χ3n) is 4.02. The summed E-state index contributed by atoms with van der Waals surface area (Å²) in [5.41, 5.74) is -0.787. The Kier molecular flexibility index (Phi) is 4.82. The van der Waals surface area contributed by atoms with Gasteiger partial charge in [0.2, 0.25) is 0 Å².